The van der Waals surface area contributed by atoms with Gasteiger partial charge in [0.25, 0.3) is 5.56 Å². The van der Waals surface area contributed by atoms with Gasteiger partial charge in [0, 0.05) is 46.0 Å². The minimum Gasteiger partial charge on any atom is -0.365 e. The second-order valence-electron chi connectivity index (χ2n) is 9.20. The summed E-state index contributed by atoms with van der Waals surface area (Å²) >= 11 is 8.68. The Kier molecular flexibility index (Phi) is 8.51. The van der Waals surface area contributed by atoms with Gasteiger partial charge in [-0.1, -0.05) is 41.6 Å². The van der Waals surface area contributed by atoms with E-state index in [-0.39, 0.29) is 34.3 Å². The number of nitrogens with zero attached hydrogens (tertiary/aromatic N) is 6. The monoisotopic (exact) mass is 637 g/mol. The molecule has 0 radical (unpaired) electrons. The number of nitrogens with one attached hydrogen (secondary N) is 1. The highest BCUT2D eigenvalue weighted by molar-refractivity contribution is 7.16. The van der Waals surface area contributed by atoms with Gasteiger partial charge in [-0.2, -0.15) is 9.78 Å². The smallest absolute Gasteiger partial charge is 0.309 e. The third-order valence-corrected chi connectivity index (χ3v) is 8.30. The fourth-order valence-electron chi connectivity index (χ4n) is 4.23. The van der Waals surface area contributed by atoms with Gasteiger partial charge in [-0.3, -0.25) is 14.4 Å². The standard InChI is InChI=1S/C31H20ClN7O3S2/c32-26-9-8-22(44-26)17-35-27-16-24(37-39(27)31(42)29-34-13-15-43-29)28-21(7-6-20-4-2-1-3-5-20)11-14-38(30(28)41)18-25(40)23-10-12-33-19-36-23/h1-5,8-16,19,35H,17-18H2. The molecule has 216 valence electrons. The number of aromatic nitrogens is 6. The Labute approximate surface area is 263 Å². The Morgan fingerprint density at radius 2 is 1.86 bits per heavy atom. The minimum absolute atomic E-state index is 0.138. The van der Waals surface area contributed by atoms with Crippen molar-refractivity contribution in [3.8, 4) is 23.1 Å². The van der Waals surface area contributed by atoms with Gasteiger partial charge >= 0.3 is 5.91 Å². The number of thiazole rings is 1. The highest BCUT2D eigenvalue weighted by Gasteiger charge is 2.23. The van der Waals surface area contributed by atoms with E-state index in [0.717, 1.165) is 10.4 Å². The highest BCUT2D eigenvalue weighted by atomic mass is 35.5. The van der Waals surface area contributed by atoms with Crippen LogP contribution in [0.15, 0.2) is 95.8 Å². The van der Waals surface area contributed by atoms with E-state index < -0.39 is 11.5 Å². The summed E-state index contributed by atoms with van der Waals surface area (Å²) in [5.41, 5.74) is 1.15. The fraction of sp³-hybridized carbons (Fsp3) is 0.0645. The number of anilines is 1. The molecule has 0 spiro atoms. The number of benzene rings is 1. The van der Waals surface area contributed by atoms with E-state index in [0.29, 0.717) is 22.3 Å². The van der Waals surface area contributed by atoms with Crippen LogP contribution >= 0.6 is 34.3 Å². The first-order valence-electron chi connectivity index (χ1n) is 13.1. The highest BCUT2D eigenvalue weighted by Crippen LogP contribution is 2.26. The molecule has 1 aromatic carbocycles. The van der Waals surface area contributed by atoms with Crippen molar-refractivity contribution in [2.45, 2.75) is 13.1 Å². The van der Waals surface area contributed by atoms with Gasteiger partial charge in [-0.25, -0.2) is 15.0 Å². The molecule has 44 heavy (non-hydrogen) atoms. The van der Waals surface area contributed by atoms with Crippen LogP contribution < -0.4 is 10.9 Å². The number of thiophene rings is 1. The predicted octanol–water partition coefficient (Wildman–Crippen LogP) is 5.26. The first-order chi connectivity index (χ1) is 21.5. The van der Waals surface area contributed by atoms with Crippen molar-refractivity contribution < 1.29 is 9.59 Å². The molecule has 0 amide bonds. The fourth-order valence-corrected chi connectivity index (χ4v) is 5.82. The van der Waals surface area contributed by atoms with Crippen molar-refractivity contribution >= 4 is 51.8 Å². The number of hydrogen-bond donors (Lipinski definition) is 1. The number of ketones is 1. The van der Waals surface area contributed by atoms with Gasteiger partial charge in [0.15, 0.2) is 5.01 Å². The first kappa shape index (κ1) is 28.9. The third-order valence-electron chi connectivity index (χ3n) is 6.31. The molecule has 5 heterocycles. The number of carbonyl (C=O) groups is 2. The van der Waals surface area contributed by atoms with E-state index >= 15 is 0 Å². The van der Waals surface area contributed by atoms with E-state index in [2.05, 4.69) is 37.2 Å². The van der Waals surface area contributed by atoms with Gasteiger partial charge in [0.2, 0.25) is 5.78 Å². The van der Waals surface area contributed by atoms with Gasteiger partial charge < -0.3 is 9.88 Å². The molecule has 0 bridgehead atoms. The zero-order chi connectivity index (χ0) is 30.5. The van der Waals surface area contributed by atoms with E-state index in [9.17, 15) is 14.4 Å². The van der Waals surface area contributed by atoms with Crippen LogP contribution in [0, 0.1) is 11.8 Å². The quantitative estimate of drug-likeness (QED) is 0.177. The van der Waals surface area contributed by atoms with Crippen molar-refractivity contribution in [2.75, 3.05) is 5.32 Å². The number of Topliss-reactive ketones (excluding diaryl/α,β-unsaturated/α-hetero) is 1. The molecule has 0 aliphatic heterocycles. The summed E-state index contributed by atoms with van der Waals surface area (Å²) in [5.74, 6) is 5.67. The van der Waals surface area contributed by atoms with Crippen LogP contribution in [0.5, 0.6) is 0 Å². The second kappa shape index (κ2) is 13.0. The zero-order valence-electron chi connectivity index (χ0n) is 22.7. The SMILES string of the molecule is O=C(Cn1ccc(C#Cc2ccccc2)c(-c2cc(NCc3ccc(Cl)s3)n(C(=O)c3nccs3)n2)c1=O)c1ccncn1. The summed E-state index contributed by atoms with van der Waals surface area (Å²) in [7, 11) is 0. The predicted molar refractivity (Wildman–Crippen MR) is 169 cm³/mol. The average molecular weight is 638 g/mol. The van der Waals surface area contributed by atoms with Crippen LogP contribution in [-0.4, -0.2) is 41.0 Å². The lowest BCUT2D eigenvalue weighted by Crippen LogP contribution is -2.26. The summed E-state index contributed by atoms with van der Waals surface area (Å²) in [4.78, 5) is 53.3. The topological polar surface area (TPSA) is 125 Å². The molecule has 0 aliphatic carbocycles. The number of hydrogen-bond acceptors (Lipinski definition) is 10. The molecule has 0 fully saturated rings. The molecule has 0 unspecified atom stereocenters. The summed E-state index contributed by atoms with van der Waals surface area (Å²) in [6, 6.07) is 17.8. The minimum atomic E-state index is -0.504. The molecule has 0 atom stereocenters. The number of halogens is 1. The van der Waals surface area contributed by atoms with E-state index in [1.54, 1.807) is 23.6 Å². The van der Waals surface area contributed by atoms with Gasteiger partial charge in [-0.15, -0.1) is 22.7 Å². The molecule has 10 nitrogen and oxygen atoms in total. The lowest BCUT2D eigenvalue weighted by molar-refractivity contribution is 0.0945. The van der Waals surface area contributed by atoms with Crippen LogP contribution in [0.1, 0.15) is 36.3 Å². The molecule has 0 saturated carbocycles. The Morgan fingerprint density at radius 3 is 2.59 bits per heavy atom. The van der Waals surface area contributed by atoms with Crippen LogP contribution in [0.4, 0.5) is 5.82 Å². The Balaban J connectivity index is 1.46. The molecule has 5 aromatic heterocycles. The van der Waals surface area contributed by atoms with Crippen molar-refractivity contribution in [1.82, 2.24) is 29.3 Å². The van der Waals surface area contributed by atoms with Crippen LogP contribution in [0.25, 0.3) is 11.3 Å². The van der Waals surface area contributed by atoms with Crippen LogP contribution in [0.2, 0.25) is 4.34 Å². The molecular weight excluding hydrogens is 618 g/mol. The van der Waals surface area contributed by atoms with Crippen molar-refractivity contribution in [1.29, 1.82) is 0 Å². The van der Waals surface area contributed by atoms with Gasteiger partial charge in [0.1, 0.15) is 23.5 Å². The Bertz CT molecular complexity index is 2080. The summed E-state index contributed by atoms with van der Waals surface area (Å²) in [5, 5.41) is 9.73. The van der Waals surface area contributed by atoms with Crippen molar-refractivity contribution in [3.63, 3.8) is 0 Å². The molecule has 6 rings (SSSR count). The average Bonchev–Trinajstić information content (AvgIpc) is 3.82. The Hall–Kier alpha value is -5.22. The summed E-state index contributed by atoms with van der Waals surface area (Å²) in [6.07, 6.45) is 5.78. The maximum absolute atomic E-state index is 14.0. The molecule has 13 heteroatoms. The summed E-state index contributed by atoms with van der Waals surface area (Å²) < 4.78 is 3.09. The van der Waals surface area contributed by atoms with E-state index in [4.69, 9.17) is 11.6 Å². The van der Waals surface area contributed by atoms with Gasteiger partial charge in [-0.05, 0) is 36.4 Å². The van der Waals surface area contributed by atoms with Crippen LogP contribution in [-0.2, 0) is 13.1 Å². The molecule has 0 saturated heterocycles. The van der Waals surface area contributed by atoms with E-state index in [1.165, 1.54) is 62.9 Å². The number of rotatable bonds is 8. The van der Waals surface area contributed by atoms with E-state index in [1.807, 2.05) is 36.4 Å². The maximum atomic E-state index is 14.0. The summed E-state index contributed by atoms with van der Waals surface area (Å²) in [6.45, 7) is 0.0963. The normalized spacial score (nSPS) is 10.7. The largest absolute Gasteiger partial charge is 0.365 e. The maximum Gasteiger partial charge on any atom is 0.309 e. The first-order valence-corrected chi connectivity index (χ1v) is 15.2. The molecule has 0 aliphatic rings. The van der Waals surface area contributed by atoms with Crippen molar-refractivity contribution in [3.05, 3.63) is 132 Å². The number of pyridine rings is 1. The number of carbonyl (C=O) groups excluding carboxylic acids is 2. The van der Waals surface area contributed by atoms with Crippen LogP contribution in [0.3, 0.4) is 0 Å². The lowest BCUT2D eigenvalue weighted by atomic mass is 10.1. The van der Waals surface area contributed by atoms with Gasteiger partial charge in [0.05, 0.1) is 23.0 Å². The zero-order valence-corrected chi connectivity index (χ0v) is 25.1. The second-order valence-corrected chi connectivity index (χ2v) is 11.9. The molecule has 6 aromatic rings. The molecule has 1 N–H and O–H groups in total. The molecular formula is C31H20ClN7O3S2. The van der Waals surface area contributed by atoms with Crippen molar-refractivity contribution in [2.24, 2.45) is 0 Å². The third kappa shape index (κ3) is 6.40. The Morgan fingerprint density at radius 1 is 1.00 bits per heavy atom. The lowest BCUT2D eigenvalue weighted by Gasteiger charge is -2.08.